The number of hydrogen-bond donors (Lipinski definition) is 0. The van der Waals surface area contributed by atoms with Crippen LogP contribution in [0, 0.1) is 0 Å². The Morgan fingerprint density at radius 2 is 2.50 bits per heavy atom. The number of allylic oxidation sites excluding steroid dienone is 2. The van der Waals surface area contributed by atoms with Gasteiger partial charge in [-0.15, -0.1) is 0 Å². The van der Waals surface area contributed by atoms with Gasteiger partial charge in [0.25, 0.3) is 0 Å². The lowest BCUT2D eigenvalue weighted by Gasteiger charge is -1.90. The third kappa shape index (κ3) is 1.49. The lowest BCUT2D eigenvalue weighted by Crippen LogP contribution is -1.77. The molecule has 0 aromatic rings. The molecule has 0 radical (unpaired) electrons. The molecule has 0 aromatic heterocycles. The second kappa shape index (κ2) is 2.65. The highest BCUT2D eigenvalue weighted by atomic mass is 14.7. The first-order chi connectivity index (χ1) is 3.89. The van der Waals surface area contributed by atoms with Crippen molar-refractivity contribution in [3.05, 3.63) is 11.6 Å². The first-order valence-electron chi connectivity index (χ1n) is 3.05. The molecular formula is C7H11N. The summed E-state index contributed by atoms with van der Waals surface area (Å²) in [6, 6.07) is 0. The third-order valence-electron chi connectivity index (χ3n) is 1.32. The first-order valence-corrected chi connectivity index (χ1v) is 3.05. The van der Waals surface area contributed by atoms with Gasteiger partial charge in [-0.05, 0) is 25.8 Å². The summed E-state index contributed by atoms with van der Waals surface area (Å²) in [5.74, 6) is 0. The van der Waals surface area contributed by atoms with E-state index in [1.54, 1.807) is 0 Å². The van der Waals surface area contributed by atoms with E-state index in [0.717, 1.165) is 6.54 Å². The molecule has 1 heterocycles. The van der Waals surface area contributed by atoms with Crippen LogP contribution >= 0.6 is 0 Å². The normalized spacial score (nSPS) is 19.9. The molecule has 0 spiro atoms. The van der Waals surface area contributed by atoms with Gasteiger partial charge in [0.1, 0.15) is 0 Å². The molecule has 8 heavy (non-hydrogen) atoms. The molecule has 0 saturated heterocycles. The van der Waals surface area contributed by atoms with Crippen molar-refractivity contribution in [3.8, 4) is 0 Å². The van der Waals surface area contributed by atoms with Gasteiger partial charge in [0.05, 0.1) is 0 Å². The van der Waals surface area contributed by atoms with E-state index < -0.39 is 0 Å². The van der Waals surface area contributed by atoms with Crippen LogP contribution in [0.1, 0.15) is 19.8 Å². The Labute approximate surface area is 50.1 Å². The van der Waals surface area contributed by atoms with Crippen LogP contribution in [-0.2, 0) is 0 Å². The molecule has 1 rings (SSSR count). The molecule has 0 bridgehead atoms. The van der Waals surface area contributed by atoms with Crippen molar-refractivity contribution in [2.24, 2.45) is 4.99 Å². The highest BCUT2D eigenvalue weighted by Crippen LogP contribution is 2.04. The van der Waals surface area contributed by atoms with Crippen LogP contribution in [-0.4, -0.2) is 12.8 Å². The fraction of sp³-hybridized carbons (Fsp3) is 0.571. The monoisotopic (exact) mass is 109 g/mol. The van der Waals surface area contributed by atoms with Gasteiger partial charge in [-0.2, -0.15) is 0 Å². The van der Waals surface area contributed by atoms with Gasteiger partial charge in [-0.1, -0.05) is 5.57 Å². The van der Waals surface area contributed by atoms with Gasteiger partial charge in [0, 0.05) is 12.8 Å². The van der Waals surface area contributed by atoms with Crippen molar-refractivity contribution in [2.45, 2.75) is 19.8 Å². The molecule has 44 valence electrons. The van der Waals surface area contributed by atoms with Crippen molar-refractivity contribution in [3.63, 3.8) is 0 Å². The number of hydrogen-bond acceptors (Lipinski definition) is 1. The summed E-state index contributed by atoms with van der Waals surface area (Å²) in [4.78, 5) is 4.12. The molecule has 0 unspecified atom stereocenters. The van der Waals surface area contributed by atoms with Gasteiger partial charge in [-0.3, -0.25) is 4.99 Å². The summed E-state index contributed by atoms with van der Waals surface area (Å²) in [5, 5.41) is 0. The zero-order chi connectivity index (χ0) is 5.82. The van der Waals surface area contributed by atoms with Gasteiger partial charge < -0.3 is 0 Å². The summed E-state index contributed by atoms with van der Waals surface area (Å²) in [6.45, 7) is 3.16. The van der Waals surface area contributed by atoms with E-state index in [-0.39, 0.29) is 0 Å². The van der Waals surface area contributed by atoms with E-state index in [2.05, 4.69) is 18.0 Å². The minimum atomic E-state index is 1.01. The minimum Gasteiger partial charge on any atom is -0.293 e. The van der Waals surface area contributed by atoms with Crippen molar-refractivity contribution in [1.29, 1.82) is 0 Å². The summed E-state index contributed by atoms with van der Waals surface area (Å²) in [5.41, 5.74) is 1.45. The van der Waals surface area contributed by atoms with E-state index in [1.807, 2.05) is 6.21 Å². The average molecular weight is 109 g/mol. The Hall–Kier alpha value is -0.590. The second-order valence-corrected chi connectivity index (χ2v) is 2.17. The minimum absolute atomic E-state index is 1.01. The molecule has 1 aliphatic rings. The predicted molar refractivity (Wildman–Crippen MR) is 36.4 cm³/mol. The maximum atomic E-state index is 4.12. The van der Waals surface area contributed by atoms with E-state index in [9.17, 15) is 0 Å². The Bertz CT molecular complexity index is 122. The molecule has 1 aliphatic heterocycles. The Morgan fingerprint density at radius 3 is 3.38 bits per heavy atom. The van der Waals surface area contributed by atoms with Crippen LogP contribution in [0.3, 0.4) is 0 Å². The fourth-order valence-electron chi connectivity index (χ4n) is 0.787. The van der Waals surface area contributed by atoms with Crippen LogP contribution in [0.4, 0.5) is 0 Å². The van der Waals surface area contributed by atoms with E-state index in [4.69, 9.17) is 0 Å². The van der Waals surface area contributed by atoms with Gasteiger partial charge >= 0.3 is 0 Å². The molecule has 0 amide bonds. The number of aliphatic imine (C=N–C) groups is 1. The molecule has 0 aromatic carbocycles. The summed E-state index contributed by atoms with van der Waals surface area (Å²) < 4.78 is 0. The van der Waals surface area contributed by atoms with Crippen molar-refractivity contribution >= 4 is 6.21 Å². The van der Waals surface area contributed by atoms with Gasteiger partial charge in [0.15, 0.2) is 0 Å². The van der Waals surface area contributed by atoms with Gasteiger partial charge in [0.2, 0.25) is 0 Å². The maximum absolute atomic E-state index is 4.12. The molecule has 0 N–H and O–H groups in total. The Balaban J connectivity index is 2.52. The molecule has 1 nitrogen and oxygen atoms in total. The van der Waals surface area contributed by atoms with E-state index in [1.165, 1.54) is 18.4 Å². The zero-order valence-electron chi connectivity index (χ0n) is 5.22. The first kappa shape index (κ1) is 5.54. The molecule has 1 heteroatoms. The van der Waals surface area contributed by atoms with Crippen LogP contribution in [0.25, 0.3) is 0 Å². The number of nitrogens with zero attached hydrogens (tertiary/aromatic N) is 1. The molecule has 0 atom stereocenters. The maximum Gasteiger partial charge on any atom is 0.0392 e. The van der Waals surface area contributed by atoms with Crippen molar-refractivity contribution in [2.75, 3.05) is 6.54 Å². The Kier molecular flexibility index (Phi) is 1.84. The predicted octanol–water partition coefficient (Wildman–Crippen LogP) is 1.80. The lowest BCUT2D eigenvalue weighted by atomic mass is 10.2. The van der Waals surface area contributed by atoms with Crippen molar-refractivity contribution in [1.82, 2.24) is 0 Å². The van der Waals surface area contributed by atoms with E-state index in [0.29, 0.717) is 0 Å². The van der Waals surface area contributed by atoms with Crippen LogP contribution in [0.5, 0.6) is 0 Å². The van der Waals surface area contributed by atoms with Gasteiger partial charge in [-0.25, -0.2) is 0 Å². The quantitative estimate of drug-likeness (QED) is 0.449. The van der Waals surface area contributed by atoms with Crippen molar-refractivity contribution < 1.29 is 0 Å². The average Bonchev–Trinajstić information content (AvgIpc) is 1.94. The highest BCUT2D eigenvalue weighted by molar-refractivity contribution is 5.72. The topological polar surface area (TPSA) is 12.4 Å². The van der Waals surface area contributed by atoms with E-state index >= 15 is 0 Å². The molecular weight excluding hydrogens is 98.1 g/mol. The lowest BCUT2D eigenvalue weighted by molar-refractivity contribution is 0.836. The molecule has 0 aliphatic carbocycles. The third-order valence-corrected chi connectivity index (χ3v) is 1.32. The van der Waals surface area contributed by atoms with Crippen LogP contribution in [0.15, 0.2) is 16.6 Å². The highest BCUT2D eigenvalue weighted by Gasteiger charge is 1.90. The molecule has 0 fully saturated rings. The fourth-order valence-corrected chi connectivity index (χ4v) is 0.787. The molecule has 0 saturated carbocycles. The summed E-state index contributed by atoms with van der Waals surface area (Å²) in [6.07, 6.45) is 6.44. The Morgan fingerprint density at radius 1 is 1.62 bits per heavy atom. The standard InChI is InChI=1S/C7H11N/c1-7-3-2-5-8-6-4-7/h4,6H,2-3,5H2,1H3. The summed E-state index contributed by atoms with van der Waals surface area (Å²) >= 11 is 0. The largest absolute Gasteiger partial charge is 0.293 e. The van der Waals surface area contributed by atoms with Crippen LogP contribution < -0.4 is 0 Å². The second-order valence-electron chi connectivity index (χ2n) is 2.17. The van der Waals surface area contributed by atoms with Crippen LogP contribution in [0.2, 0.25) is 0 Å². The number of rotatable bonds is 0. The SMILES string of the molecule is CC1=CC=NCCC1. The smallest absolute Gasteiger partial charge is 0.0392 e. The summed E-state index contributed by atoms with van der Waals surface area (Å²) in [7, 11) is 0. The zero-order valence-corrected chi connectivity index (χ0v) is 5.22.